The van der Waals surface area contributed by atoms with E-state index in [9.17, 15) is 8.42 Å². The second-order valence-corrected chi connectivity index (χ2v) is 6.12. The van der Waals surface area contributed by atoms with Crippen LogP contribution in [0.1, 0.15) is 0 Å². The van der Waals surface area contributed by atoms with E-state index < -0.39 is 10.0 Å². The molecular formula is C12H15ClN4O2S. The van der Waals surface area contributed by atoms with Crippen molar-refractivity contribution in [3.8, 4) is 0 Å². The molecule has 0 spiro atoms. The lowest BCUT2D eigenvalue weighted by molar-refractivity contribution is 0.572. The van der Waals surface area contributed by atoms with Gasteiger partial charge in [-0.3, -0.25) is 8.99 Å². The smallest absolute Gasteiger partial charge is 0.281 e. The van der Waals surface area contributed by atoms with Crippen molar-refractivity contribution in [2.24, 2.45) is 7.05 Å². The maximum absolute atomic E-state index is 12.7. The van der Waals surface area contributed by atoms with E-state index in [1.807, 2.05) is 18.2 Å². The van der Waals surface area contributed by atoms with E-state index in [2.05, 4.69) is 10.4 Å². The second-order valence-electron chi connectivity index (χ2n) is 4.31. The molecule has 1 aliphatic heterocycles. The average Bonchev–Trinajstić information content (AvgIpc) is 2.85. The zero-order valence-electron chi connectivity index (χ0n) is 10.9. The summed E-state index contributed by atoms with van der Waals surface area (Å²) in [4.78, 5) is 0. The van der Waals surface area contributed by atoms with Crippen molar-refractivity contribution in [1.29, 1.82) is 0 Å². The van der Waals surface area contributed by atoms with Gasteiger partial charge in [0.2, 0.25) is 0 Å². The maximum atomic E-state index is 12.7. The average molecular weight is 315 g/mol. The first-order valence-corrected chi connectivity index (χ1v) is 7.38. The summed E-state index contributed by atoms with van der Waals surface area (Å²) < 4.78 is 28.1. The fourth-order valence-electron chi connectivity index (χ4n) is 2.23. The highest BCUT2D eigenvalue weighted by Gasteiger charge is 2.30. The van der Waals surface area contributed by atoms with Gasteiger partial charge in [0, 0.05) is 13.6 Å². The summed E-state index contributed by atoms with van der Waals surface area (Å²) in [6.45, 7) is 0.999. The van der Waals surface area contributed by atoms with Crippen LogP contribution in [-0.4, -0.2) is 31.3 Å². The molecule has 1 N–H and O–H groups in total. The zero-order chi connectivity index (χ0) is 13.5. The number of anilines is 2. The Bertz CT molecular complexity index is 714. The molecule has 6 nitrogen and oxygen atoms in total. The number of hydrogen-bond acceptors (Lipinski definition) is 4. The minimum atomic E-state index is -3.57. The zero-order valence-corrected chi connectivity index (χ0v) is 12.5. The van der Waals surface area contributed by atoms with E-state index in [0.29, 0.717) is 18.8 Å². The number of fused-ring (bicyclic) bond motifs is 1. The van der Waals surface area contributed by atoms with Crippen molar-refractivity contribution < 1.29 is 8.42 Å². The molecule has 0 bridgehead atoms. The van der Waals surface area contributed by atoms with Crippen LogP contribution >= 0.6 is 12.4 Å². The van der Waals surface area contributed by atoms with Crippen molar-refractivity contribution >= 4 is 33.8 Å². The second kappa shape index (κ2) is 5.34. The number of benzene rings is 1. The molecule has 0 radical (unpaired) electrons. The molecule has 1 aliphatic rings. The predicted molar refractivity (Wildman–Crippen MR) is 79.9 cm³/mol. The standard InChI is InChI=1S/C12H14N4O2S.ClH/c1-15-12(6-7-14-15)19(17,18)16-9-8-13-10-4-2-3-5-11(10)16;/h2-7,13H,8-9H2,1H3;1H. The minimum Gasteiger partial charge on any atom is -0.382 e. The summed E-state index contributed by atoms with van der Waals surface area (Å²) in [5.41, 5.74) is 1.51. The summed E-state index contributed by atoms with van der Waals surface area (Å²) >= 11 is 0. The van der Waals surface area contributed by atoms with Crippen LogP contribution in [0.3, 0.4) is 0 Å². The van der Waals surface area contributed by atoms with E-state index in [1.54, 1.807) is 13.1 Å². The number of aromatic nitrogens is 2. The molecule has 0 fully saturated rings. The van der Waals surface area contributed by atoms with Gasteiger partial charge in [-0.1, -0.05) is 12.1 Å². The summed E-state index contributed by atoms with van der Waals surface area (Å²) in [6, 6.07) is 8.90. The fraction of sp³-hybridized carbons (Fsp3) is 0.250. The van der Waals surface area contributed by atoms with Crippen molar-refractivity contribution in [3.05, 3.63) is 36.5 Å². The number of aryl methyl sites for hydroxylation is 1. The normalized spacial score (nSPS) is 14.2. The first-order chi connectivity index (χ1) is 9.10. The summed E-state index contributed by atoms with van der Waals surface area (Å²) in [7, 11) is -1.94. The van der Waals surface area contributed by atoms with Crippen molar-refractivity contribution in [2.45, 2.75) is 5.03 Å². The van der Waals surface area contributed by atoms with E-state index in [-0.39, 0.29) is 17.4 Å². The lowest BCUT2D eigenvalue weighted by Crippen LogP contribution is -2.39. The molecule has 3 rings (SSSR count). The Labute approximate surface area is 123 Å². The Morgan fingerprint density at radius 1 is 1.25 bits per heavy atom. The SMILES string of the molecule is Cl.Cn1nccc1S(=O)(=O)N1CCNc2ccccc21. The third-order valence-electron chi connectivity index (χ3n) is 3.13. The van der Waals surface area contributed by atoms with Crippen molar-refractivity contribution in [1.82, 2.24) is 9.78 Å². The highest BCUT2D eigenvalue weighted by atomic mass is 35.5. The molecule has 2 heterocycles. The van der Waals surface area contributed by atoms with Gasteiger partial charge in [0.25, 0.3) is 10.0 Å². The molecule has 0 aliphatic carbocycles. The first-order valence-electron chi connectivity index (χ1n) is 5.94. The summed E-state index contributed by atoms with van der Waals surface area (Å²) in [5, 5.41) is 7.32. The van der Waals surface area contributed by atoms with Crippen LogP contribution in [0.4, 0.5) is 11.4 Å². The van der Waals surface area contributed by atoms with Gasteiger partial charge in [0.1, 0.15) is 0 Å². The molecule has 1 aromatic carbocycles. The van der Waals surface area contributed by atoms with E-state index in [4.69, 9.17) is 0 Å². The Kier molecular flexibility index (Phi) is 3.92. The topological polar surface area (TPSA) is 67.2 Å². The number of rotatable bonds is 2. The Balaban J connectivity index is 0.00000147. The molecule has 2 aromatic rings. The quantitative estimate of drug-likeness (QED) is 0.911. The molecule has 8 heteroatoms. The van der Waals surface area contributed by atoms with Crippen molar-refractivity contribution in [2.75, 3.05) is 22.7 Å². The van der Waals surface area contributed by atoms with Gasteiger partial charge in [-0.15, -0.1) is 12.4 Å². The number of nitrogens with one attached hydrogen (secondary N) is 1. The van der Waals surface area contributed by atoms with Crippen LogP contribution in [0.5, 0.6) is 0 Å². The lowest BCUT2D eigenvalue weighted by Gasteiger charge is -2.30. The van der Waals surface area contributed by atoms with Gasteiger partial charge in [-0.05, 0) is 18.2 Å². The highest BCUT2D eigenvalue weighted by molar-refractivity contribution is 7.92. The number of halogens is 1. The summed E-state index contributed by atoms with van der Waals surface area (Å²) in [5.74, 6) is 0. The van der Waals surface area contributed by atoms with Gasteiger partial charge in [0.05, 0.1) is 24.1 Å². The minimum absolute atomic E-state index is 0. The van der Waals surface area contributed by atoms with Gasteiger partial charge in [0.15, 0.2) is 5.03 Å². The molecule has 0 amide bonds. The molecule has 0 unspecified atom stereocenters. The largest absolute Gasteiger partial charge is 0.382 e. The Morgan fingerprint density at radius 2 is 2.00 bits per heavy atom. The van der Waals surface area contributed by atoms with E-state index in [1.165, 1.54) is 21.3 Å². The van der Waals surface area contributed by atoms with Crippen LogP contribution in [0, 0.1) is 0 Å². The maximum Gasteiger partial charge on any atom is 0.281 e. The van der Waals surface area contributed by atoms with Gasteiger partial charge in [-0.2, -0.15) is 13.5 Å². The van der Waals surface area contributed by atoms with Gasteiger partial charge in [-0.25, -0.2) is 0 Å². The van der Waals surface area contributed by atoms with Gasteiger partial charge >= 0.3 is 0 Å². The molecule has 0 saturated carbocycles. The summed E-state index contributed by atoms with van der Waals surface area (Å²) in [6.07, 6.45) is 1.49. The number of hydrogen-bond donors (Lipinski definition) is 1. The number of para-hydroxylation sites is 2. The van der Waals surface area contributed by atoms with Crippen LogP contribution in [0.2, 0.25) is 0 Å². The van der Waals surface area contributed by atoms with Crippen LogP contribution in [0.15, 0.2) is 41.6 Å². The van der Waals surface area contributed by atoms with Crippen LogP contribution in [-0.2, 0) is 17.1 Å². The molecule has 0 saturated heterocycles. The fourth-order valence-corrected chi connectivity index (χ4v) is 3.82. The van der Waals surface area contributed by atoms with Crippen molar-refractivity contribution in [3.63, 3.8) is 0 Å². The monoisotopic (exact) mass is 314 g/mol. The third-order valence-corrected chi connectivity index (χ3v) is 5.02. The van der Waals surface area contributed by atoms with Crippen LogP contribution < -0.4 is 9.62 Å². The first kappa shape index (κ1) is 14.7. The Morgan fingerprint density at radius 3 is 2.70 bits per heavy atom. The lowest BCUT2D eigenvalue weighted by atomic mass is 10.2. The van der Waals surface area contributed by atoms with Gasteiger partial charge < -0.3 is 5.32 Å². The van der Waals surface area contributed by atoms with Crippen LogP contribution in [0.25, 0.3) is 0 Å². The van der Waals surface area contributed by atoms with E-state index >= 15 is 0 Å². The highest BCUT2D eigenvalue weighted by Crippen LogP contribution is 2.32. The molecule has 20 heavy (non-hydrogen) atoms. The number of sulfonamides is 1. The third kappa shape index (κ3) is 2.23. The van der Waals surface area contributed by atoms with E-state index in [0.717, 1.165) is 5.69 Å². The predicted octanol–water partition coefficient (Wildman–Crippen LogP) is 1.46. The molecular weight excluding hydrogens is 300 g/mol. The Hall–Kier alpha value is -1.73. The molecule has 108 valence electrons. The molecule has 0 atom stereocenters. The number of nitrogens with zero attached hydrogens (tertiary/aromatic N) is 3. The molecule has 1 aromatic heterocycles.